The zero-order valence-electron chi connectivity index (χ0n) is 12.7. The molecule has 0 radical (unpaired) electrons. The fraction of sp³-hybridized carbons (Fsp3) is 0.600. The first kappa shape index (κ1) is 17.0. The lowest BCUT2D eigenvalue weighted by Gasteiger charge is -2.22. The van der Waals surface area contributed by atoms with Crippen molar-refractivity contribution in [3.8, 4) is 0 Å². The maximum Gasteiger partial charge on any atom is 0.180 e. The molecule has 1 aromatic rings. The van der Waals surface area contributed by atoms with Crippen LogP contribution in [0.15, 0.2) is 29.2 Å². The Morgan fingerprint density at radius 2 is 1.80 bits per heavy atom. The highest BCUT2D eigenvalue weighted by atomic mass is 32.2. The van der Waals surface area contributed by atoms with Crippen molar-refractivity contribution in [3.63, 3.8) is 0 Å². The van der Waals surface area contributed by atoms with Gasteiger partial charge >= 0.3 is 0 Å². The number of hydrogen-bond donors (Lipinski definition) is 1. The zero-order chi connectivity index (χ0) is 15.0. The summed E-state index contributed by atoms with van der Waals surface area (Å²) in [6.45, 7) is 6.65. The minimum atomic E-state index is -3.18. The number of hydrogen-bond acceptors (Lipinski definition) is 4. The predicted molar refractivity (Wildman–Crippen MR) is 85.2 cm³/mol. The van der Waals surface area contributed by atoms with E-state index in [1.54, 1.807) is 12.1 Å². The van der Waals surface area contributed by atoms with Crippen LogP contribution >= 0.6 is 0 Å². The van der Waals surface area contributed by atoms with Gasteiger partial charge in [-0.15, -0.1) is 0 Å². The Bertz CT molecular complexity index is 500. The Hall–Kier alpha value is -1.07. The minimum Gasteiger partial charge on any atom is -0.372 e. The van der Waals surface area contributed by atoms with E-state index in [0.29, 0.717) is 11.3 Å². The minimum absolute atomic E-state index is 0.200. The molecular formula is C15H26N2O2S. The van der Waals surface area contributed by atoms with Gasteiger partial charge in [-0.25, -0.2) is 8.42 Å². The molecule has 1 N–H and O–H groups in total. The SMILES string of the molecule is CCCNCCN(C)c1ccccc1S(=O)(=O)CCC. The summed E-state index contributed by atoms with van der Waals surface area (Å²) in [5, 5.41) is 3.33. The van der Waals surface area contributed by atoms with Gasteiger partial charge in [0.05, 0.1) is 16.3 Å². The lowest BCUT2D eigenvalue weighted by atomic mass is 10.3. The molecule has 4 nitrogen and oxygen atoms in total. The maximum absolute atomic E-state index is 12.3. The zero-order valence-corrected chi connectivity index (χ0v) is 13.5. The molecule has 1 rings (SSSR count). The molecule has 0 heterocycles. The third kappa shape index (κ3) is 4.80. The molecule has 0 fully saturated rings. The standard InChI is InChI=1S/C15H26N2O2S/c1-4-10-16-11-12-17(3)14-8-6-7-9-15(14)20(18,19)13-5-2/h6-9,16H,4-5,10-13H2,1-3H3. The van der Waals surface area contributed by atoms with Crippen LogP contribution in [-0.2, 0) is 9.84 Å². The lowest BCUT2D eigenvalue weighted by molar-refractivity contribution is 0.594. The first-order valence-corrected chi connectivity index (χ1v) is 8.91. The van der Waals surface area contributed by atoms with E-state index in [-0.39, 0.29) is 5.75 Å². The first-order valence-electron chi connectivity index (χ1n) is 7.26. The Kier molecular flexibility index (Phi) is 7.02. The van der Waals surface area contributed by atoms with Gasteiger partial charge in [-0.1, -0.05) is 26.0 Å². The normalized spacial score (nSPS) is 11.6. The molecule has 0 saturated heterocycles. The van der Waals surface area contributed by atoms with Gasteiger partial charge < -0.3 is 10.2 Å². The van der Waals surface area contributed by atoms with Crippen LogP contribution in [0.4, 0.5) is 5.69 Å². The van der Waals surface area contributed by atoms with E-state index in [9.17, 15) is 8.42 Å². The number of likely N-dealkylation sites (N-methyl/N-ethyl adjacent to an activating group) is 1. The molecule has 0 bridgehead atoms. The van der Waals surface area contributed by atoms with Crippen LogP contribution < -0.4 is 10.2 Å². The van der Waals surface area contributed by atoms with Gasteiger partial charge in [0.2, 0.25) is 0 Å². The molecule has 114 valence electrons. The van der Waals surface area contributed by atoms with Crippen molar-refractivity contribution in [2.75, 3.05) is 37.3 Å². The van der Waals surface area contributed by atoms with Gasteiger partial charge in [0.1, 0.15) is 0 Å². The lowest BCUT2D eigenvalue weighted by Crippen LogP contribution is -2.30. The second-order valence-electron chi connectivity index (χ2n) is 4.96. The smallest absolute Gasteiger partial charge is 0.180 e. The van der Waals surface area contributed by atoms with Crippen LogP contribution in [0.3, 0.4) is 0 Å². The summed E-state index contributed by atoms with van der Waals surface area (Å²) in [5.74, 6) is 0.200. The molecule has 0 spiro atoms. The van der Waals surface area contributed by atoms with Gasteiger partial charge in [-0.05, 0) is 31.5 Å². The van der Waals surface area contributed by atoms with E-state index in [0.717, 1.165) is 31.7 Å². The highest BCUT2D eigenvalue weighted by Gasteiger charge is 2.19. The molecule has 0 unspecified atom stereocenters. The van der Waals surface area contributed by atoms with Crippen molar-refractivity contribution in [2.45, 2.75) is 31.6 Å². The van der Waals surface area contributed by atoms with Crippen molar-refractivity contribution in [3.05, 3.63) is 24.3 Å². The van der Waals surface area contributed by atoms with Gasteiger partial charge in [0, 0.05) is 20.1 Å². The molecule has 0 aliphatic heterocycles. The van der Waals surface area contributed by atoms with Crippen LogP contribution in [0.2, 0.25) is 0 Å². The number of anilines is 1. The molecule has 1 aromatic carbocycles. The van der Waals surface area contributed by atoms with Crippen LogP contribution in [-0.4, -0.2) is 40.9 Å². The van der Waals surface area contributed by atoms with Crippen molar-refractivity contribution in [2.24, 2.45) is 0 Å². The van der Waals surface area contributed by atoms with Gasteiger partial charge in [-0.3, -0.25) is 0 Å². The summed E-state index contributed by atoms with van der Waals surface area (Å²) in [6.07, 6.45) is 1.74. The highest BCUT2D eigenvalue weighted by Crippen LogP contribution is 2.25. The maximum atomic E-state index is 12.3. The van der Waals surface area contributed by atoms with Crippen molar-refractivity contribution in [1.29, 1.82) is 0 Å². The van der Waals surface area contributed by atoms with Gasteiger partial charge in [0.15, 0.2) is 9.84 Å². The molecule has 20 heavy (non-hydrogen) atoms. The van der Waals surface area contributed by atoms with E-state index in [1.165, 1.54) is 0 Å². The summed E-state index contributed by atoms with van der Waals surface area (Å²) in [5.41, 5.74) is 0.791. The molecular weight excluding hydrogens is 272 g/mol. The van der Waals surface area contributed by atoms with Gasteiger partial charge in [-0.2, -0.15) is 0 Å². The molecule has 0 saturated carbocycles. The summed E-state index contributed by atoms with van der Waals surface area (Å²) in [6, 6.07) is 7.25. The van der Waals surface area contributed by atoms with E-state index >= 15 is 0 Å². The summed E-state index contributed by atoms with van der Waals surface area (Å²) in [7, 11) is -1.24. The Balaban J connectivity index is 2.84. The van der Waals surface area contributed by atoms with E-state index in [2.05, 4.69) is 12.2 Å². The molecule has 0 aromatic heterocycles. The van der Waals surface area contributed by atoms with Gasteiger partial charge in [0.25, 0.3) is 0 Å². The average Bonchev–Trinajstić information content (AvgIpc) is 2.43. The molecule has 0 aliphatic carbocycles. The third-order valence-corrected chi connectivity index (χ3v) is 5.10. The molecule has 0 atom stereocenters. The average molecular weight is 298 g/mol. The monoisotopic (exact) mass is 298 g/mol. The number of nitrogens with zero attached hydrogens (tertiary/aromatic N) is 1. The molecule has 5 heteroatoms. The highest BCUT2D eigenvalue weighted by molar-refractivity contribution is 7.91. The van der Waals surface area contributed by atoms with Crippen LogP contribution in [0.1, 0.15) is 26.7 Å². The topological polar surface area (TPSA) is 49.4 Å². The quantitative estimate of drug-likeness (QED) is 0.711. The van der Waals surface area contributed by atoms with Crippen LogP contribution in [0, 0.1) is 0 Å². The fourth-order valence-electron chi connectivity index (χ4n) is 2.08. The van der Waals surface area contributed by atoms with E-state index in [1.807, 2.05) is 31.0 Å². The fourth-order valence-corrected chi connectivity index (χ4v) is 3.67. The van der Waals surface area contributed by atoms with Crippen molar-refractivity contribution < 1.29 is 8.42 Å². The van der Waals surface area contributed by atoms with Crippen LogP contribution in [0.25, 0.3) is 0 Å². The number of nitrogens with one attached hydrogen (secondary N) is 1. The third-order valence-electron chi connectivity index (χ3n) is 3.14. The van der Waals surface area contributed by atoms with Crippen molar-refractivity contribution in [1.82, 2.24) is 5.32 Å². The largest absolute Gasteiger partial charge is 0.372 e. The van der Waals surface area contributed by atoms with Crippen molar-refractivity contribution >= 4 is 15.5 Å². The molecule has 0 amide bonds. The number of benzene rings is 1. The first-order chi connectivity index (χ1) is 9.53. The Morgan fingerprint density at radius 3 is 2.45 bits per heavy atom. The molecule has 0 aliphatic rings. The van der Waals surface area contributed by atoms with E-state index in [4.69, 9.17) is 0 Å². The predicted octanol–water partition coefficient (Wildman–Crippen LogP) is 2.31. The number of sulfone groups is 1. The second kappa shape index (κ2) is 8.27. The number of rotatable bonds is 9. The second-order valence-corrected chi connectivity index (χ2v) is 7.04. The number of para-hydroxylation sites is 1. The van der Waals surface area contributed by atoms with E-state index < -0.39 is 9.84 Å². The summed E-state index contributed by atoms with van der Waals surface area (Å²) in [4.78, 5) is 2.45. The Labute approximate surface area is 123 Å². The summed E-state index contributed by atoms with van der Waals surface area (Å²) >= 11 is 0. The summed E-state index contributed by atoms with van der Waals surface area (Å²) < 4.78 is 24.6. The van der Waals surface area contributed by atoms with Crippen LogP contribution in [0.5, 0.6) is 0 Å². The Morgan fingerprint density at radius 1 is 1.10 bits per heavy atom.